The second kappa shape index (κ2) is 4.38. The van der Waals surface area contributed by atoms with Crippen molar-refractivity contribution in [2.75, 3.05) is 7.05 Å². The summed E-state index contributed by atoms with van der Waals surface area (Å²) in [6.45, 7) is 2.24. The predicted octanol–water partition coefficient (Wildman–Crippen LogP) is 0.225. The summed E-state index contributed by atoms with van der Waals surface area (Å²) in [6, 6.07) is 6.70. The first-order valence-electron chi connectivity index (χ1n) is 4.26. The van der Waals surface area contributed by atoms with Crippen LogP contribution < -0.4 is 0 Å². The van der Waals surface area contributed by atoms with Gasteiger partial charge in [0.25, 0.3) is 0 Å². The second-order valence-corrected chi connectivity index (χ2v) is 4.75. The third-order valence-electron chi connectivity index (χ3n) is 2.11. The maximum absolute atomic E-state index is 4.29. The predicted molar refractivity (Wildman–Crippen MR) is 55.1 cm³/mol. The third-order valence-corrected chi connectivity index (χ3v) is 2.99. The summed E-state index contributed by atoms with van der Waals surface area (Å²) in [5, 5.41) is 0. The maximum Gasteiger partial charge on any atom is 0.0784 e. The van der Waals surface area contributed by atoms with E-state index in [0.717, 1.165) is 16.8 Å². The molecule has 0 N–H and O–H groups in total. The highest BCUT2D eigenvalue weighted by Crippen LogP contribution is 2.01. The average molecular weight is 180 g/mol. The summed E-state index contributed by atoms with van der Waals surface area (Å²) in [5.41, 5.74) is 1.19. The van der Waals surface area contributed by atoms with E-state index in [-0.39, 0.29) is 0 Å². The zero-order chi connectivity index (χ0) is 8.97. The van der Waals surface area contributed by atoms with Crippen LogP contribution in [0, 0.1) is 0 Å². The number of aromatic nitrogens is 1. The SMILES string of the molecule is CC(Cc1ccccn1)N(C)[SiH3]. The Morgan fingerprint density at radius 3 is 2.83 bits per heavy atom. The zero-order valence-electron chi connectivity index (χ0n) is 7.99. The molecule has 0 bridgehead atoms. The van der Waals surface area contributed by atoms with Gasteiger partial charge in [0.1, 0.15) is 0 Å². The topological polar surface area (TPSA) is 16.1 Å². The monoisotopic (exact) mass is 180 g/mol. The summed E-state index contributed by atoms with van der Waals surface area (Å²) in [6.07, 6.45) is 2.91. The number of rotatable bonds is 3. The van der Waals surface area contributed by atoms with E-state index in [1.807, 2.05) is 18.3 Å². The molecule has 0 aliphatic rings. The van der Waals surface area contributed by atoms with Gasteiger partial charge in [-0.1, -0.05) is 6.07 Å². The summed E-state index contributed by atoms with van der Waals surface area (Å²) >= 11 is 0. The molecule has 2 nitrogen and oxygen atoms in total. The first-order valence-corrected chi connectivity index (χ1v) is 5.16. The Labute approximate surface area is 77.1 Å². The van der Waals surface area contributed by atoms with Crippen LogP contribution in [0.15, 0.2) is 24.4 Å². The van der Waals surface area contributed by atoms with Crippen molar-refractivity contribution >= 4 is 10.4 Å². The van der Waals surface area contributed by atoms with Crippen LogP contribution in [-0.4, -0.2) is 33.0 Å². The molecule has 0 spiro atoms. The van der Waals surface area contributed by atoms with Gasteiger partial charge in [-0.3, -0.25) is 4.98 Å². The number of pyridine rings is 1. The Morgan fingerprint density at radius 2 is 2.33 bits per heavy atom. The van der Waals surface area contributed by atoms with E-state index in [9.17, 15) is 0 Å². The van der Waals surface area contributed by atoms with Gasteiger partial charge in [-0.15, -0.1) is 0 Å². The lowest BCUT2D eigenvalue weighted by molar-refractivity contribution is 0.415. The number of hydrogen-bond donors (Lipinski definition) is 0. The van der Waals surface area contributed by atoms with Gasteiger partial charge < -0.3 is 4.57 Å². The van der Waals surface area contributed by atoms with Crippen LogP contribution in [0.3, 0.4) is 0 Å². The molecule has 0 saturated carbocycles. The largest absolute Gasteiger partial charge is 0.332 e. The minimum atomic E-state index is 0.617. The van der Waals surface area contributed by atoms with Gasteiger partial charge in [-0.2, -0.15) is 0 Å². The van der Waals surface area contributed by atoms with E-state index in [1.54, 1.807) is 0 Å². The quantitative estimate of drug-likeness (QED) is 0.619. The molecule has 0 aromatic carbocycles. The third kappa shape index (κ3) is 2.75. The van der Waals surface area contributed by atoms with Gasteiger partial charge in [-0.25, -0.2) is 0 Å². The van der Waals surface area contributed by atoms with Crippen molar-refractivity contribution in [3.8, 4) is 0 Å². The molecule has 0 radical (unpaired) electrons. The van der Waals surface area contributed by atoms with Crippen molar-refractivity contribution in [1.82, 2.24) is 9.55 Å². The highest BCUT2D eigenvalue weighted by molar-refractivity contribution is 6.04. The fourth-order valence-electron chi connectivity index (χ4n) is 1.00. The van der Waals surface area contributed by atoms with Gasteiger partial charge in [0.2, 0.25) is 0 Å². The molecule has 1 aromatic rings. The Bertz CT molecular complexity index is 223. The fraction of sp³-hybridized carbons (Fsp3) is 0.444. The van der Waals surface area contributed by atoms with Gasteiger partial charge >= 0.3 is 0 Å². The average Bonchev–Trinajstić information content (AvgIpc) is 2.06. The molecule has 0 saturated heterocycles. The van der Waals surface area contributed by atoms with Gasteiger partial charge in [0.05, 0.1) is 10.4 Å². The van der Waals surface area contributed by atoms with Crippen LogP contribution in [0.2, 0.25) is 0 Å². The zero-order valence-corrected chi connectivity index (χ0v) is 9.99. The summed E-state index contributed by atoms with van der Waals surface area (Å²) in [5.74, 6) is 0. The Hall–Kier alpha value is -0.673. The lowest BCUT2D eigenvalue weighted by Gasteiger charge is -2.19. The van der Waals surface area contributed by atoms with Crippen LogP contribution >= 0.6 is 0 Å². The Kier molecular flexibility index (Phi) is 3.43. The maximum atomic E-state index is 4.29. The van der Waals surface area contributed by atoms with Crippen molar-refractivity contribution < 1.29 is 0 Å². The Balaban J connectivity index is 2.53. The molecule has 1 atom stereocenters. The molecule has 0 amide bonds. The van der Waals surface area contributed by atoms with Crippen LogP contribution in [0.4, 0.5) is 0 Å². The highest BCUT2D eigenvalue weighted by atomic mass is 28.2. The highest BCUT2D eigenvalue weighted by Gasteiger charge is 2.04. The lowest BCUT2D eigenvalue weighted by atomic mass is 10.2. The van der Waals surface area contributed by atoms with Crippen LogP contribution in [-0.2, 0) is 6.42 Å². The van der Waals surface area contributed by atoms with Crippen molar-refractivity contribution in [2.24, 2.45) is 0 Å². The van der Waals surface area contributed by atoms with E-state index >= 15 is 0 Å². The van der Waals surface area contributed by atoms with Gasteiger partial charge in [0.15, 0.2) is 0 Å². The molecule has 0 aliphatic heterocycles. The van der Waals surface area contributed by atoms with E-state index in [4.69, 9.17) is 0 Å². The number of likely N-dealkylation sites (N-methyl/N-ethyl adjacent to an activating group) is 1. The molecule has 0 fully saturated rings. The van der Waals surface area contributed by atoms with Gasteiger partial charge in [-0.05, 0) is 26.1 Å². The van der Waals surface area contributed by atoms with Crippen LogP contribution in [0.5, 0.6) is 0 Å². The molecule has 0 aliphatic carbocycles. The summed E-state index contributed by atoms with van der Waals surface area (Å²) in [4.78, 5) is 4.29. The molecular formula is C9H16N2Si. The van der Waals surface area contributed by atoms with Crippen molar-refractivity contribution in [2.45, 2.75) is 19.4 Å². The standard InChI is InChI=1S/C9H16N2Si/c1-8(11(2)12)7-9-5-3-4-6-10-9/h3-6,8H,7H2,1-2,12H3. The van der Waals surface area contributed by atoms with E-state index in [2.05, 4.69) is 29.6 Å². The van der Waals surface area contributed by atoms with Gasteiger partial charge in [0, 0.05) is 24.4 Å². The van der Waals surface area contributed by atoms with E-state index in [0.29, 0.717) is 6.04 Å². The normalized spacial score (nSPS) is 13.6. The number of nitrogens with zero attached hydrogens (tertiary/aromatic N) is 2. The van der Waals surface area contributed by atoms with Crippen molar-refractivity contribution in [1.29, 1.82) is 0 Å². The molecular weight excluding hydrogens is 164 g/mol. The number of hydrogen-bond acceptors (Lipinski definition) is 2. The molecule has 1 unspecified atom stereocenters. The molecule has 12 heavy (non-hydrogen) atoms. The molecule has 1 rings (SSSR count). The Morgan fingerprint density at radius 1 is 1.58 bits per heavy atom. The fourth-order valence-corrected chi connectivity index (χ4v) is 1.19. The second-order valence-electron chi connectivity index (χ2n) is 3.34. The van der Waals surface area contributed by atoms with E-state index < -0.39 is 0 Å². The molecule has 1 heterocycles. The van der Waals surface area contributed by atoms with E-state index in [1.165, 1.54) is 5.69 Å². The lowest BCUT2D eigenvalue weighted by Crippen LogP contribution is -2.28. The smallest absolute Gasteiger partial charge is 0.0784 e. The first kappa shape index (κ1) is 9.42. The van der Waals surface area contributed by atoms with Crippen LogP contribution in [0.25, 0.3) is 0 Å². The summed E-state index contributed by atoms with van der Waals surface area (Å²) < 4.78 is 2.34. The van der Waals surface area contributed by atoms with Crippen LogP contribution in [0.1, 0.15) is 12.6 Å². The van der Waals surface area contributed by atoms with Crippen molar-refractivity contribution in [3.05, 3.63) is 30.1 Å². The minimum Gasteiger partial charge on any atom is -0.332 e. The molecule has 3 heteroatoms. The van der Waals surface area contributed by atoms with Crippen molar-refractivity contribution in [3.63, 3.8) is 0 Å². The summed E-state index contributed by atoms with van der Waals surface area (Å²) in [7, 11) is 3.27. The first-order chi connectivity index (χ1) is 5.70. The minimum absolute atomic E-state index is 0.617. The molecule has 66 valence electrons. The molecule has 1 aromatic heterocycles.